The highest BCUT2D eigenvalue weighted by molar-refractivity contribution is 5.96. The van der Waals surface area contributed by atoms with Crippen LogP contribution in [0.15, 0.2) is 78.9 Å². The molecule has 148 valence electrons. The van der Waals surface area contributed by atoms with Crippen LogP contribution in [0.3, 0.4) is 0 Å². The van der Waals surface area contributed by atoms with Crippen LogP contribution in [0.5, 0.6) is 5.75 Å². The van der Waals surface area contributed by atoms with E-state index in [-0.39, 0.29) is 12.0 Å². The lowest BCUT2D eigenvalue weighted by molar-refractivity contribution is -0.154. The van der Waals surface area contributed by atoms with Crippen molar-refractivity contribution in [3.63, 3.8) is 0 Å². The van der Waals surface area contributed by atoms with Gasteiger partial charge < -0.3 is 14.8 Å². The maximum absolute atomic E-state index is 13.8. The van der Waals surface area contributed by atoms with Crippen LogP contribution < -0.4 is 10.1 Å². The van der Waals surface area contributed by atoms with E-state index in [1.165, 1.54) is 19.2 Å². The first-order chi connectivity index (χ1) is 14.1. The van der Waals surface area contributed by atoms with Crippen molar-refractivity contribution < 1.29 is 23.5 Å². The van der Waals surface area contributed by atoms with Crippen LogP contribution in [0, 0.1) is 5.82 Å². The Kier molecular flexibility index (Phi) is 6.58. The number of hydrogen-bond acceptors (Lipinski definition) is 4. The quantitative estimate of drug-likeness (QED) is 0.608. The van der Waals surface area contributed by atoms with Gasteiger partial charge in [0.2, 0.25) is 6.10 Å². The lowest BCUT2D eigenvalue weighted by Gasteiger charge is -2.18. The Labute approximate surface area is 168 Å². The van der Waals surface area contributed by atoms with Gasteiger partial charge in [-0.15, -0.1) is 0 Å². The van der Waals surface area contributed by atoms with Gasteiger partial charge in [0.05, 0.1) is 13.5 Å². The van der Waals surface area contributed by atoms with E-state index in [1.54, 1.807) is 66.7 Å². The molecule has 0 aliphatic rings. The van der Waals surface area contributed by atoms with E-state index in [9.17, 15) is 14.0 Å². The van der Waals surface area contributed by atoms with Crippen molar-refractivity contribution in [2.45, 2.75) is 12.5 Å². The van der Waals surface area contributed by atoms with E-state index in [4.69, 9.17) is 9.47 Å². The monoisotopic (exact) mass is 393 g/mol. The molecule has 5 nitrogen and oxygen atoms in total. The number of anilines is 1. The number of carbonyl (C=O) groups excluding carboxylic acids is 2. The third-order valence-electron chi connectivity index (χ3n) is 4.22. The molecule has 1 amide bonds. The molecule has 0 spiro atoms. The number of carbonyl (C=O) groups is 2. The minimum atomic E-state index is -1.18. The van der Waals surface area contributed by atoms with Crippen LogP contribution in [0.2, 0.25) is 0 Å². The Bertz CT molecular complexity index is 991. The van der Waals surface area contributed by atoms with Gasteiger partial charge in [0.15, 0.2) is 0 Å². The van der Waals surface area contributed by atoms with Gasteiger partial charge in [-0.05, 0) is 23.8 Å². The first-order valence-corrected chi connectivity index (χ1v) is 8.99. The van der Waals surface area contributed by atoms with Gasteiger partial charge in [-0.2, -0.15) is 0 Å². The third-order valence-corrected chi connectivity index (χ3v) is 4.22. The van der Waals surface area contributed by atoms with Crippen LogP contribution >= 0.6 is 0 Å². The number of methoxy groups -OCH3 is 1. The molecule has 0 aromatic heterocycles. The number of rotatable bonds is 7. The minimum Gasteiger partial charge on any atom is -0.497 e. The molecule has 3 rings (SSSR count). The minimum absolute atomic E-state index is 0.206. The van der Waals surface area contributed by atoms with Gasteiger partial charge in [-0.1, -0.05) is 54.6 Å². The molecule has 29 heavy (non-hydrogen) atoms. The van der Waals surface area contributed by atoms with E-state index in [2.05, 4.69) is 5.32 Å². The van der Waals surface area contributed by atoms with Crippen molar-refractivity contribution in [2.75, 3.05) is 12.4 Å². The topological polar surface area (TPSA) is 64.6 Å². The number of benzene rings is 3. The molecule has 0 saturated carbocycles. The largest absolute Gasteiger partial charge is 0.497 e. The molecule has 0 bridgehead atoms. The van der Waals surface area contributed by atoms with Crippen molar-refractivity contribution in [3.05, 3.63) is 95.8 Å². The van der Waals surface area contributed by atoms with Gasteiger partial charge in [0.25, 0.3) is 5.91 Å². The fraction of sp³-hybridized carbons (Fsp3) is 0.130. The molecular weight excluding hydrogens is 373 g/mol. The molecule has 6 heteroatoms. The second kappa shape index (κ2) is 9.50. The molecule has 0 saturated heterocycles. The lowest BCUT2D eigenvalue weighted by atomic mass is 10.1. The maximum Gasteiger partial charge on any atom is 0.311 e. The highest BCUT2D eigenvalue weighted by Crippen LogP contribution is 2.23. The fourth-order valence-electron chi connectivity index (χ4n) is 2.78. The van der Waals surface area contributed by atoms with Crippen LogP contribution in [-0.2, 0) is 20.7 Å². The molecule has 0 fully saturated rings. The van der Waals surface area contributed by atoms with Crippen LogP contribution in [0.25, 0.3) is 0 Å². The molecule has 3 aromatic carbocycles. The van der Waals surface area contributed by atoms with Crippen molar-refractivity contribution >= 4 is 17.6 Å². The molecule has 0 unspecified atom stereocenters. The Morgan fingerprint density at radius 1 is 0.966 bits per heavy atom. The first-order valence-electron chi connectivity index (χ1n) is 8.99. The zero-order chi connectivity index (χ0) is 20.6. The Morgan fingerprint density at radius 3 is 2.41 bits per heavy atom. The van der Waals surface area contributed by atoms with E-state index in [0.717, 1.165) is 0 Å². The van der Waals surface area contributed by atoms with Crippen molar-refractivity contribution in [1.29, 1.82) is 0 Å². The van der Waals surface area contributed by atoms with E-state index >= 15 is 0 Å². The Morgan fingerprint density at radius 2 is 1.69 bits per heavy atom. The number of ether oxygens (including phenoxy) is 2. The highest BCUT2D eigenvalue weighted by Gasteiger charge is 2.25. The van der Waals surface area contributed by atoms with Gasteiger partial charge in [-0.25, -0.2) is 4.39 Å². The number of amides is 1. The second-order valence-corrected chi connectivity index (χ2v) is 6.27. The molecule has 0 heterocycles. The van der Waals surface area contributed by atoms with Crippen LogP contribution in [-0.4, -0.2) is 19.0 Å². The number of esters is 1. The van der Waals surface area contributed by atoms with Crippen molar-refractivity contribution in [2.24, 2.45) is 0 Å². The molecule has 3 aromatic rings. The summed E-state index contributed by atoms with van der Waals surface area (Å²) in [6, 6.07) is 21.4. The smallest absolute Gasteiger partial charge is 0.311 e. The predicted octanol–water partition coefficient (Wildman–Crippen LogP) is 4.30. The summed E-state index contributed by atoms with van der Waals surface area (Å²) < 4.78 is 24.4. The summed E-state index contributed by atoms with van der Waals surface area (Å²) in [6.45, 7) is 0. The SMILES string of the molecule is COc1cccc(NC(=O)[C@@H](OC(=O)Cc2ccccc2F)c2ccccc2)c1. The van der Waals surface area contributed by atoms with Gasteiger partial charge in [0.1, 0.15) is 11.6 Å². The van der Waals surface area contributed by atoms with Gasteiger partial charge in [0, 0.05) is 17.3 Å². The van der Waals surface area contributed by atoms with E-state index < -0.39 is 23.8 Å². The van der Waals surface area contributed by atoms with Gasteiger partial charge >= 0.3 is 5.97 Å². The summed E-state index contributed by atoms with van der Waals surface area (Å²) in [5.74, 6) is -1.15. The van der Waals surface area contributed by atoms with Gasteiger partial charge in [-0.3, -0.25) is 9.59 Å². The number of halogens is 1. The van der Waals surface area contributed by atoms with E-state index in [0.29, 0.717) is 17.0 Å². The molecule has 1 atom stereocenters. The molecule has 0 aliphatic carbocycles. The summed E-state index contributed by atoms with van der Waals surface area (Å²) >= 11 is 0. The Balaban J connectivity index is 1.78. The third kappa shape index (κ3) is 5.42. The normalized spacial score (nSPS) is 11.4. The summed E-state index contributed by atoms with van der Waals surface area (Å²) in [5, 5.41) is 2.73. The zero-order valence-electron chi connectivity index (χ0n) is 15.8. The highest BCUT2D eigenvalue weighted by atomic mass is 19.1. The number of hydrogen-bond donors (Lipinski definition) is 1. The summed E-state index contributed by atoms with van der Waals surface area (Å²) in [6.07, 6.45) is -1.45. The molecule has 0 radical (unpaired) electrons. The zero-order valence-corrected chi connectivity index (χ0v) is 15.8. The average Bonchev–Trinajstić information content (AvgIpc) is 2.74. The summed E-state index contributed by atoms with van der Waals surface area (Å²) in [7, 11) is 1.53. The summed E-state index contributed by atoms with van der Waals surface area (Å²) in [5.41, 5.74) is 1.22. The van der Waals surface area contributed by atoms with Crippen molar-refractivity contribution in [3.8, 4) is 5.75 Å². The van der Waals surface area contributed by atoms with Crippen molar-refractivity contribution in [1.82, 2.24) is 0 Å². The summed E-state index contributed by atoms with van der Waals surface area (Å²) in [4.78, 5) is 25.3. The first kappa shape index (κ1) is 20.1. The average molecular weight is 393 g/mol. The van der Waals surface area contributed by atoms with Crippen LogP contribution in [0.4, 0.5) is 10.1 Å². The second-order valence-electron chi connectivity index (χ2n) is 6.27. The lowest BCUT2D eigenvalue weighted by Crippen LogP contribution is -2.26. The Hall–Kier alpha value is -3.67. The van der Waals surface area contributed by atoms with Crippen LogP contribution in [0.1, 0.15) is 17.2 Å². The van der Waals surface area contributed by atoms with E-state index in [1.807, 2.05) is 0 Å². The fourth-order valence-corrected chi connectivity index (χ4v) is 2.78. The molecular formula is C23H20FNO4. The predicted molar refractivity (Wildman–Crippen MR) is 107 cm³/mol. The maximum atomic E-state index is 13.8. The number of nitrogens with one attached hydrogen (secondary N) is 1. The molecule has 0 aliphatic heterocycles. The molecule has 1 N–H and O–H groups in total. The standard InChI is InChI=1S/C23H20FNO4/c1-28-19-12-7-11-18(15-19)25-23(27)22(16-8-3-2-4-9-16)29-21(26)14-17-10-5-6-13-20(17)24/h2-13,15,22H,14H2,1H3,(H,25,27)/t22-/m0/s1.